The van der Waals surface area contributed by atoms with Crippen LogP contribution in [0.1, 0.15) is 187 Å². The summed E-state index contributed by atoms with van der Waals surface area (Å²) in [5.74, 6) is -1.52. The fraction of sp³-hybridized carbons (Fsp3) is 0.712. The SMILES string of the molecule is CCCCC/C=C/C=C/C=C/C=C/CCCCCCCC(=O)OCC(COCCC(C(=O)O)[N+](C)(C)C)OC(=O)CCCCCCC/C=C/C=C/CCCCCCCCC. The molecule has 344 valence electrons. The number of carbonyl (C=O) groups is 3. The third-order valence-electron chi connectivity index (χ3n) is 10.5. The highest BCUT2D eigenvalue weighted by atomic mass is 16.6. The van der Waals surface area contributed by atoms with E-state index >= 15 is 0 Å². The van der Waals surface area contributed by atoms with Crippen LogP contribution in [0.5, 0.6) is 0 Å². The van der Waals surface area contributed by atoms with Gasteiger partial charge in [0, 0.05) is 19.3 Å². The number of esters is 2. The summed E-state index contributed by atoms with van der Waals surface area (Å²) in [6, 6.07) is -0.625. The normalized spacial score (nSPS) is 13.6. The van der Waals surface area contributed by atoms with Crippen molar-refractivity contribution in [2.24, 2.45) is 0 Å². The Hall–Kier alpha value is -3.23. The van der Waals surface area contributed by atoms with E-state index in [1.165, 1.54) is 70.6 Å². The Kier molecular flexibility index (Phi) is 40.2. The Morgan fingerprint density at radius 2 is 0.883 bits per heavy atom. The molecule has 8 heteroatoms. The van der Waals surface area contributed by atoms with Gasteiger partial charge in [-0.3, -0.25) is 9.59 Å². The van der Waals surface area contributed by atoms with Gasteiger partial charge in [-0.05, 0) is 64.2 Å². The van der Waals surface area contributed by atoms with E-state index in [0.29, 0.717) is 19.3 Å². The van der Waals surface area contributed by atoms with Crippen LogP contribution in [0.25, 0.3) is 0 Å². The summed E-state index contributed by atoms with van der Waals surface area (Å²) in [6.45, 7) is 4.65. The Morgan fingerprint density at radius 1 is 0.500 bits per heavy atom. The fourth-order valence-electron chi connectivity index (χ4n) is 6.68. The lowest BCUT2D eigenvalue weighted by Crippen LogP contribution is -2.50. The number of aliphatic carboxylic acids is 1. The highest BCUT2D eigenvalue weighted by Gasteiger charge is 2.31. The molecule has 2 atom stereocenters. The van der Waals surface area contributed by atoms with Crippen LogP contribution in [-0.2, 0) is 28.6 Å². The number of carbonyl (C=O) groups excluding carboxylic acids is 2. The van der Waals surface area contributed by atoms with Crippen LogP contribution in [0, 0.1) is 0 Å². The zero-order chi connectivity index (χ0) is 44.2. The third-order valence-corrected chi connectivity index (χ3v) is 10.5. The van der Waals surface area contributed by atoms with Gasteiger partial charge in [-0.2, -0.15) is 0 Å². The molecule has 0 aromatic rings. The first-order chi connectivity index (χ1) is 29.1. The van der Waals surface area contributed by atoms with E-state index in [0.717, 1.165) is 83.5 Å². The Morgan fingerprint density at radius 3 is 1.35 bits per heavy atom. The summed E-state index contributed by atoms with van der Waals surface area (Å²) in [5, 5.41) is 9.64. The van der Waals surface area contributed by atoms with Crippen molar-refractivity contribution < 1.29 is 38.2 Å². The Bertz CT molecular complexity index is 1210. The molecule has 0 radical (unpaired) electrons. The first kappa shape index (κ1) is 56.8. The van der Waals surface area contributed by atoms with Gasteiger partial charge in [-0.25, -0.2) is 4.79 Å². The van der Waals surface area contributed by atoms with E-state index in [2.05, 4.69) is 86.8 Å². The minimum absolute atomic E-state index is 0.0435. The third kappa shape index (κ3) is 40.2. The lowest BCUT2D eigenvalue weighted by Gasteiger charge is -2.31. The summed E-state index contributed by atoms with van der Waals surface area (Å²) in [5.41, 5.74) is 0. The summed E-state index contributed by atoms with van der Waals surface area (Å²) >= 11 is 0. The van der Waals surface area contributed by atoms with Crippen molar-refractivity contribution in [1.82, 2.24) is 0 Å². The van der Waals surface area contributed by atoms with E-state index in [-0.39, 0.29) is 36.2 Å². The van der Waals surface area contributed by atoms with Gasteiger partial charge in [0.2, 0.25) is 0 Å². The van der Waals surface area contributed by atoms with Crippen molar-refractivity contribution in [3.8, 4) is 0 Å². The van der Waals surface area contributed by atoms with Gasteiger partial charge >= 0.3 is 17.9 Å². The molecule has 2 unspecified atom stereocenters. The topological polar surface area (TPSA) is 99.1 Å². The predicted molar refractivity (Wildman–Crippen MR) is 252 cm³/mol. The maximum Gasteiger partial charge on any atom is 0.362 e. The molecule has 0 heterocycles. The number of rotatable bonds is 42. The fourth-order valence-corrected chi connectivity index (χ4v) is 6.68. The van der Waals surface area contributed by atoms with E-state index in [9.17, 15) is 19.5 Å². The second-order valence-corrected chi connectivity index (χ2v) is 17.1. The molecule has 0 fully saturated rings. The number of ether oxygens (including phenoxy) is 3. The van der Waals surface area contributed by atoms with Crippen LogP contribution in [0.3, 0.4) is 0 Å². The maximum atomic E-state index is 12.8. The molecular formula is C52H90NO7+. The van der Waals surface area contributed by atoms with E-state index in [4.69, 9.17) is 14.2 Å². The second kappa shape index (κ2) is 42.5. The second-order valence-electron chi connectivity index (χ2n) is 17.1. The molecule has 0 saturated carbocycles. The number of carboxylic acid groups (broad SMARTS) is 1. The monoisotopic (exact) mass is 841 g/mol. The maximum absolute atomic E-state index is 12.8. The molecule has 8 nitrogen and oxygen atoms in total. The van der Waals surface area contributed by atoms with Gasteiger partial charge < -0.3 is 23.8 Å². The molecule has 0 bridgehead atoms. The van der Waals surface area contributed by atoms with Crippen LogP contribution < -0.4 is 0 Å². The van der Waals surface area contributed by atoms with Crippen LogP contribution in [0.2, 0.25) is 0 Å². The molecule has 1 N–H and O–H groups in total. The lowest BCUT2D eigenvalue weighted by molar-refractivity contribution is -0.887. The van der Waals surface area contributed by atoms with Crippen molar-refractivity contribution in [3.63, 3.8) is 0 Å². The van der Waals surface area contributed by atoms with E-state index < -0.39 is 18.1 Å². The average Bonchev–Trinajstić information content (AvgIpc) is 3.21. The van der Waals surface area contributed by atoms with Gasteiger partial charge in [0.1, 0.15) is 6.61 Å². The molecule has 0 aliphatic carbocycles. The molecule has 0 amide bonds. The summed E-state index contributed by atoms with van der Waals surface area (Å²) in [7, 11) is 5.51. The van der Waals surface area contributed by atoms with Gasteiger partial charge in [-0.1, -0.05) is 177 Å². The van der Waals surface area contributed by atoms with Crippen LogP contribution in [0.15, 0.2) is 72.9 Å². The quantitative estimate of drug-likeness (QED) is 0.0283. The Balaban J connectivity index is 4.40. The molecule has 0 spiro atoms. The predicted octanol–water partition coefficient (Wildman–Crippen LogP) is 13.5. The summed E-state index contributed by atoms with van der Waals surface area (Å²) in [4.78, 5) is 37.1. The van der Waals surface area contributed by atoms with Gasteiger partial charge in [0.15, 0.2) is 12.1 Å². The van der Waals surface area contributed by atoms with Crippen molar-refractivity contribution >= 4 is 17.9 Å². The largest absolute Gasteiger partial charge is 0.477 e. The number of carboxylic acids is 1. The van der Waals surface area contributed by atoms with Crippen molar-refractivity contribution in [3.05, 3.63) is 72.9 Å². The molecular weight excluding hydrogens is 751 g/mol. The van der Waals surface area contributed by atoms with Crippen LogP contribution in [-0.4, -0.2) is 80.6 Å². The zero-order valence-corrected chi connectivity index (χ0v) is 39.1. The standard InChI is InChI=1S/C52H89NO7/c1-6-8-10-12-14-16-18-20-22-24-26-28-30-32-34-36-38-40-42-50(54)59-47-48(46-58-45-44-49(52(56)57)53(3,4)5)60-51(55)43-41-39-37-35-33-31-29-27-25-23-21-19-17-15-13-11-9-7-2/h14,16,18,20,22-29,48-49H,6-13,15,17,19,21,30-47H2,1-5H3/p+1/b16-14+,20-18+,24-22+,25-23+,28-26+,29-27+. The van der Waals surface area contributed by atoms with Crippen molar-refractivity contribution in [2.45, 2.75) is 199 Å². The van der Waals surface area contributed by atoms with Gasteiger partial charge in [0.25, 0.3) is 0 Å². The molecule has 0 aliphatic rings. The van der Waals surface area contributed by atoms with Crippen LogP contribution in [0.4, 0.5) is 0 Å². The minimum Gasteiger partial charge on any atom is -0.477 e. The molecule has 0 aromatic carbocycles. The lowest BCUT2D eigenvalue weighted by atomic mass is 10.1. The first-order valence-electron chi connectivity index (χ1n) is 24.0. The number of nitrogens with zero attached hydrogens (tertiary/aromatic N) is 1. The summed E-state index contributed by atoms with van der Waals surface area (Å²) < 4.78 is 17.3. The number of unbranched alkanes of at least 4 members (excludes halogenated alkanes) is 20. The van der Waals surface area contributed by atoms with E-state index in [1.54, 1.807) is 0 Å². The number of hydrogen-bond donors (Lipinski definition) is 1. The average molecular weight is 841 g/mol. The van der Waals surface area contributed by atoms with Gasteiger partial charge in [-0.15, -0.1) is 0 Å². The number of allylic oxidation sites excluding steroid dienone is 12. The first-order valence-corrected chi connectivity index (χ1v) is 24.0. The highest BCUT2D eigenvalue weighted by Crippen LogP contribution is 2.13. The summed E-state index contributed by atoms with van der Waals surface area (Å²) in [6.07, 6.45) is 53.7. The molecule has 60 heavy (non-hydrogen) atoms. The number of likely N-dealkylation sites (N-methyl/N-ethyl adjacent to an activating group) is 1. The molecule has 0 aliphatic heterocycles. The van der Waals surface area contributed by atoms with Crippen molar-refractivity contribution in [1.29, 1.82) is 0 Å². The highest BCUT2D eigenvalue weighted by molar-refractivity contribution is 5.72. The van der Waals surface area contributed by atoms with Crippen LogP contribution >= 0.6 is 0 Å². The van der Waals surface area contributed by atoms with E-state index in [1.807, 2.05) is 21.1 Å². The Labute approximate surface area is 368 Å². The smallest absolute Gasteiger partial charge is 0.362 e. The molecule has 0 rings (SSSR count). The van der Waals surface area contributed by atoms with Gasteiger partial charge in [0.05, 0.1) is 34.4 Å². The number of hydrogen-bond acceptors (Lipinski definition) is 6. The molecule has 0 saturated heterocycles. The molecule has 0 aromatic heterocycles. The zero-order valence-electron chi connectivity index (χ0n) is 39.1. The van der Waals surface area contributed by atoms with Crippen molar-refractivity contribution in [2.75, 3.05) is 41.0 Å². The number of quaternary nitrogens is 1. The minimum atomic E-state index is -0.883.